The number of ether oxygens (including phenoxy) is 1. The van der Waals surface area contributed by atoms with E-state index in [0.717, 1.165) is 16.9 Å². The summed E-state index contributed by atoms with van der Waals surface area (Å²) in [6, 6.07) is 7.40. The Labute approximate surface area is 156 Å². The highest BCUT2D eigenvalue weighted by Crippen LogP contribution is 2.22. The lowest BCUT2D eigenvalue weighted by Gasteiger charge is -2.31. The minimum Gasteiger partial charge on any atom is -0.450 e. The van der Waals surface area contributed by atoms with Crippen LogP contribution >= 0.6 is 11.3 Å². The minimum atomic E-state index is -0.283. The first kappa shape index (κ1) is 18.2. The van der Waals surface area contributed by atoms with Crippen molar-refractivity contribution >= 4 is 29.1 Å². The molecule has 26 heavy (non-hydrogen) atoms. The molecule has 0 radical (unpaired) electrons. The van der Waals surface area contributed by atoms with Crippen molar-refractivity contribution in [3.8, 4) is 11.3 Å². The van der Waals surface area contributed by atoms with Crippen molar-refractivity contribution in [1.29, 1.82) is 0 Å². The molecule has 0 unspecified atom stereocenters. The molecule has 1 fully saturated rings. The number of rotatable bonds is 4. The maximum atomic E-state index is 12.3. The number of benzene rings is 1. The Morgan fingerprint density at radius 3 is 2.85 bits per heavy atom. The van der Waals surface area contributed by atoms with Gasteiger partial charge in [-0.2, -0.15) is 0 Å². The predicted octanol–water partition coefficient (Wildman–Crippen LogP) is 3.55. The number of piperidine rings is 1. The van der Waals surface area contributed by atoms with Gasteiger partial charge in [-0.15, -0.1) is 11.3 Å². The molecule has 1 saturated heterocycles. The molecule has 1 aromatic heterocycles. The Hall–Kier alpha value is -2.61. The zero-order valence-corrected chi connectivity index (χ0v) is 15.4. The van der Waals surface area contributed by atoms with Gasteiger partial charge in [0.25, 0.3) is 0 Å². The number of amides is 3. The van der Waals surface area contributed by atoms with Crippen LogP contribution in [-0.2, 0) is 4.74 Å². The molecule has 2 heterocycles. The summed E-state index contributed by atoms with van der Waals surface area (Å²) < 4.78 is 5.00. The molecule has 3 amide bonds. The van der Waals surface area contributed by atoms with Crippen molar-refractivity contribution in [2.75, 3.05) is 25.0 Å². The third-order valence-corrected chi connectivity index (χ3v) is 4.79. The Balaban J connectivity index is 1.49. The maximum absolute atomic E-state index is 12.3. The summed E-state index contributed by atoms with van der Waals surface area (Å²) >= 11 is 1.53. The first-order valence-corrected chi connectivity index (χ1v) is 9.58. The molecule has 2 N–H and O–H groups in total. The number of anilines is 1. The zero-order chi connectivity index (χ0) is 18.4. The van der Waals surface area contributed by atoms with Crippen molar-refractivity contribution in [2.24, 2.45) is 0 Å². The lowest BCUT2D eigenvalue weighted by Crippen LogP contribution is -2.47. The first-order chi connectivity index (χ1) is 12.7. The SMILES string of the molecule is CCOC(=O)N1CCC(NC(=O)Nc2cccc(-c3cscn3)c2)CC1. The highest BCUT2D eigenvalue weighted by Gasteiger charge is 2.24. The summed E-state index contributed by atoms with van der Waals surface area (Å²) in [6.07, 6.45) is 1.14. The van der Waals surface area contributed by atoms with Crippen LogP contribution in [0.5, 0.6) is 0 Å². The number of aromatic nitrogens is 1. The van der Waals surface area contributed by atoms with Crippen LogP contribution in [0.1, 0.15) is 19.8 Å². The van der Waals surface area contributed by atoms with E-state index in [9.17, 15) is 9.59 Å². The van der Waals surface area contributed by atoms with Crippen LogP contribution < -0.4 is 10.6 Å². The van der Waals surface area contributed by atoms with E-state index in [4.69, 9.17) is 4.74 Å². The van der Waals surface area contributed by atoms with Gasteiger partial charge in [0.2, 0.25) is 0 Å². The molecule has 8 heteroatoms. The number of hydrogen-bond acceptors (Lipinski definition) is 5. The van der Waals surface area contributed by atoms with Crippen LogP contribution in [0.3, 0.4) is 0 Å². The Morgan fingerprint density at radius 1 is 1.35 bits per heavy atom. The largest absolute Gasteiger partial charge is 0.450 e. The molecule has 1 aliphatic rings. The highest BCUT2D eigenvalue weighted by molar-refractivity contribution is 7.07. The number of likely N-dealkylation sites (tertiary alicyclic amines) is 1. The van der Waals surface area contributed by atoms with E-state index in [2.05, 4.69) is 15.6 Å². The number of nitrogens with zero attached hydrogens (tertiary/aromatic N) is 2. The second kappa shape index (κ2) is 8.66. The van der Waals surface area contributed by atoms with E-state index >= 15 is 0 Å². The summed E-state index contributed by atoms with van der Waals surface area (Å²) in [5.74, 6) is 0. The van der Waals surface area contributed by atoms with Crippen molar-refractivity contribution < 1.29 is 14.3 Å². The molecule has 0 atom stereocenters. The molecular weight excluding hydrogens is 352 g/mol. The number of carbonyl (C=O) groups excluding carboxylic acids is 2. The van der Waals surface area contributed by atoms with Crippen LogP contribution in [0, 0.1) is 0 Å². The van der Waals surface area contributed by atoms with Gasteiger partial charge >= 0.3 is 12.1 Å². The van der Waals surface area contributed by atoms with E-state index in [1.165, 1.54) is 11.3 Å². The van der Waals surface area contributed by atoms with Crippen LogP contribution in [0.2, 0.25) is 0 Å². The van der Waals surface area contributed by atoms with E-state index in [1.807, 2.05) is 29.6 Å². The van der Waals surface area contributed by atoms with Crippen LogP contribution in [0.15, 0.2) is 35.2 Å². The fourth-order valence-electron chi connectivity index (χ4n) is 2.89. The van der Waals surface area contributed by atoms with E-state index < -0.39 is 0 Å². The zero-order valence-electron chi connectivity index (χ0n) is 14.6. The molecule has 0 spiro atoms. The van der Waals surface area contributed by atoms with E-state index in [0.29, 0.717) is 32.5 Å². The molecule has 1 aliphatic heterocycles. The maximum Gasteiger partial charge on any atom is 0.409 e. The fourth-order valence-corrected chi connectivity index (χ4v) is 3.45. The molecule has 2 aromatic rings. The molecule has 3 rings (SSSR count). The summed E-state index contributed by atoms with van der Waals surface area (Å²) in [5, 5.41) is 7.81. The van der Waals surface area contributed by atoms with Crippen LogP contribution in [-0.4, -0.2) is 47.7 Å². The third kappa shape index (κ3) is 4.72. The average molecular weight is 374 g/mol. The Kier molecular flexibility index (Phi) is 6.06. The van der Waals surface area contributed by atoms with Gasteiger partial charge in [-0.05, 0) is 31.9 Å². The van der Waals surface area contributed by atoms with Gasteiger partial charge < -0.3 is 20.3 Å². The monoisotopic (exact) mass is 374 g/mol. The molecular formula is C18H22N4O3S. The highest BCUT2D eigenvalue weighted by atomic mass is 32.1. The lowest BCUT2D eigenvalue weighted by atomic mass is 10.1. The topological polar surface area (TPSA) is 83.6 Å². The normalized spacial score (nSPS) is 14.7. The van der Waals surface area contributed by atoms with Gasteiger partial charge in [0.15, 0.2) is 0 Å². The number of thiazole rings is 1. The average Bonchev–Trinajstić information content (AvgIpc) is 3.17. The number of nitrogens with one attached hydrogen (secondary N) is 2. The third-order valence-electron chi connectivity index (χ3n) is 4.20. The van der Waals surface area contributed by atoms with Crippen molar-refractivity contribution in [3.05, 3.63) is 35.2 Å². The number of carbonyl (C=O) groups is 2. The standard InChI is InChI=1S/C18H22N4O3S/c1-2-25-18(24)22-8-6-14(7-9-22)20-17(23)21-15-5-3-4-13(10-15)16-11-26-12-19-16/h3-5,10-12,14H,2,6-9H2,1H3,(H2,20,21,23). The van der Waals surface area contributed by atoms with Gasteiger partial charge in [0.1, 0.15) is 0 Å². The van der Waals surface area contributed by atoms with E-state index in [-0.39, 0.29) is 18.2 Å². The molecule has 7 nitrogen and oxygen atoms in total. The smallest absolute Gasteiger partial charge is 0.409 e. The van der Waals surface area contributed by atoms with Gasteiger partial charge in [-0.3, -0.25) is 0 Å². The lowest BCUT2D eigenvalue weighted by molar-refractivity contribution is 0.0959. The summed E-state index contributed by atoms with van der Waals surface area (Å²) in [5.41, 5.74) is 4.36. The second-order valence-electron chi connectivity index (χ2n) is 6.01. The quantitative estimate of drug-likeness (QED) is 0.857. The number of hydrogen-bond donors (Lipinski definition) is 2. The first-order valence-electron chi connectivity index (χ1n) is 8.63. The number of urea groups is 1. The summed E-state index contributed by atoms with van der Waals surface area (Å²) in [6.45, 7) is 3.34. The Morgan fingerprint density at radius 2 is 2.15 bits per heavy atom. The molecule has 0 bridgehead atoms. The van der Waals surface area contributed by atoms with Crippen molar-refractivity contribution in [2.45, 2.75) is 25.8 Å². The second-order valence-corrected chi connectivity index (χ2v) is 6.73. The molecule has 0 saturated carbocycles. The molecule has 0 aliphatic carbocycles. The van der Waals surface area contributed by atoms with E-state index in [1.54, 1.807) is 17.3 Å². The van der Waals surface area contributed by atoms with Gasteiger partial charge in [0.05, 0.1) is 17.8 Å². The van der Waals surface area contributed by atoms with Crippen molar-refractivity contribution in [1.82, 2.24) is 15.2 Å². The molecule has 1 aromatic carbocycles. The molecule has 138 valence electrons. The summed E-state index contributed by atoms with van der Waals surface area (Å²) in [4.78, 5) is 29.9. The van der Waals surface area contributed by atoms with Gasteiger partial charge in [-0.1, -0.05) is 12.1 Å². The summed E-state index contributed by atoms with van der Waals surface area (Å²) in [7, 11) is 0. The predicted molar refractivity (Wildman–Crippen MR) is 101 cm³/mol. The van der Waals surface area contributed by atoms with Gasteiger partial charge in [-0.25, -0.2) is 14.6 Å². The van der Waals surface area contributed by atoms with Crippen LogP contribution in [0.4, 0.5) is 15.3 Å². The fraction of sp³-hybridized carbons (Fsp3) is 0.389. The van der Waals surface area contributed by atoms with Crippen LogP contribution in [0.25, 0.3) is 11.3 Å². The Bertz CT molecular complexity index is 743. The minimum absolute atomic E-state index is 0.0439. The van der Waals surface area contributed by atoms with Gasteiger partial charge in [0, 0.05) is 35.8 Å². The van der Waals surface area contributed by atoms with Crippen molar-refractivity contribution in [3.63, 3.8) is 0 Å².